The summed E-state index contributed by atoms with van der Waals surface area (Å²) in [6.07, 6.45) is -2.88. The Morgan fingerprint density at radius 2 is 1.74 bits per heavy atom. The van der Waals surface area contributed by atoms with Crippen molar-refractivity contribution in [3.63, 3.8) is 0 Å². The van der Waals surface area contributed by atoms with Gasteiger partial charge in [0, 0.05) is 28.2 Å². The van der Waals surface area contributed by atoms with Crippen LogP contribution in [-0.4, -0.2) is 15.5 Å². The zero-order chi connectivity index (χ0) is 27.0. The molecule has 2 aromatic heterocycles. The minimum atomic E-state index is -4.52. The molecule has 0 fully saturated rings. The highest BCUT2D eigenvalue weighted by Crippen LogP contribution is 2.31. The SMILES string of the molecule is C[C@H](NC(=O)c1ccc2c(c1)c1cc(C#N)ccc1c(=O)n2-c1ccc(C(F)(F)F)cc1)c1ccccn1. The lowest BCUT2D eigenvalue weighted by Crippen LogP contribution is -2.27. The lowest BCUT2D eigenvalue weighted by atomic mass is 10.0. The molecule has 3 aromatic carbocycles. The smallest absolute Gasteiger partial charge is 0.344 e. The van der Waals surface area contributed by atoms with Gasteiger partial charge in [0.15, 0.2) is 0 Å². The molecule has 0 unspecified atom stereocenters. The third-order valence-electron chi connectivity index (χ3n) is 6.30. The largest absolute Gasteiger partial charge is 0.416 e. The molecule has 0 saturated carbocycles. The molecule has 188 valence electrons. The normalized spacial score (nSPS) is 12.3. The van der Waals surface area contributed by atoms with E-state index in [0.717, 1.165) is 12.1 Å². The molecule has 0 bridgehead atoms. The number of hydrogen-bond acceptors (Lipinski definition) is 4. The van der Waals surface area contributed by atoms with Crippen LogP contribution in [0.15, 0.2) is 89.9 Å². The minimum Gasteiger partial charge on any atom is -0.344 e. The van der Waals surface area contributed by atoms with Gasteiger partial charge >= 0.3 is 6.18 Å². The van der Waals surface area contributed by atoms with Crippen molar-refractivity contribution in [2.24, 2.45) is 0 Å². The van der Waals surface area contributed by atoms with E-state index in [4.69, 9.17) is 0 Å². The van der Waals surface area contributed by atoms with Crippen LogP contribution >= 0.6 is 0 Å². The van der Waals surface area contributed by atoms with Crippen LogP contribution in [0.4, 0.5) is 13.2 Å². The van der Waals surface area contributed by atoms with Gasteiger partial charge in [0.25, 0.3) is 11.5 Å². The number of nitrogens with zero attached hydrogens (tertiary/aromatic N) is 3. The quantitative estimate of drug-likeness (QED) is 0.303. The van der Waals surface area contributed by atoms with Crippen molar-refractivity contribution in [1.29, 1.82) is 5.26 Å². The zero-order valence-electron chi connectivity index (χ0n) is 20.0. The van der Waals surface area contributed by atoms with E-state index in [1.54, 1.807) is 49.5 Å². The Balaban J connectivity index is 1.68. The standard InChI is InChI=1S/C29H19F3N4O2/c1-17(25-4-2-3-13-34-25)35-27(37)19-6-12-26-24(15-19)23-14-18(16-33)5-11-22(23)28(38)36(26)21-9-7-20(8-10-21)29(30,31)32/h2-15,17H,1H3,(H,35,37)/t17-/m0/s1. The van der Waals surface area contributed by atoms with Crippen LogP contribution in [0.3, 0.4) is 0 Å². The van der Waals surface area contributed by atoms with Gasteiger partial charge in [-0.25, -0.2) is 0 Å². The monoisotopic (exact) mass is 512 g/mol. The van der Waals surface area contributed by atoms with Gasteiger partial charge in [-0.3, -0.25) is 19.1 Å². The maximum absolute atomic E-state index is 13.5. The second kappa shape index (κ2) is 9.48. The average Bonchev–Trinajstić information content (AvgIpc) is 2.93. The van der Waals surface area contributed by atoms with E-state index < -0.39 is 17.3 Å². The molecule has 0 radical (unpaired) electrons. The summed E-state index contributed by atoms with van der Waals surface area (Å²) in [7, 11) is 0. The van der Waals surface area contributed by atoms with Crippen molar-refractivity contribution in [3.8, 4) is 11.8 Å². The van der Waals surface area contributed by atoms with Gasteiger partial charge in [0.05, 0.1) is 34.4 Å². The fraction of sp³-hybridized carbons (Fsp3) is 0.103. The van der Waals surface area contributed by atoms with Crippen molar-refractivity contribution in [2.75, 3.05) is 0 Å². The summed E-state index contributed by atoms with van der Waals surface area (Å²) in [5.74, 6) is -0.373. The van der Waals surface area contributed by atoms with Gasteiger partial charge in [-0.2, -0.15) is 18.4 Å². The summed E-state index contributed by atoms with van der Waals surface area (Å²) in [5.41, 5.74) is 0.635. The Morgan fingerprint density at radius 1 is 0.974 bits per heavy atom. The number of halogens is 3. The van der Waals surface area contributed by atoms with E-state index >= 15 is 0 Å². The molecule has 0 spiro atoms. The molecular weight excluding hydrogens is 493 g/mol. The minimum absolute atomic E-state index is 0.236. The topological polar surface area (TPSA) is 87.8 Å². The number of carbonyl (C=O) groups is 1. The van der Waals surface area contributed by atoms with Crippen LogP contribution in [-0.2, 0) is 6.18 Å². The van der Waals surface area contributed by atoms with E-state index in [2.05, 4.69) is 10.3 Å². The van der Waals surface area contributed by atoms with Crippen LogP contribution in [0.5, 0.6) is 0 Å². The van der Waals surface area contributed by atoms with Crippen LogP contribution in [0.25, 0.3) is 27.4 Å². The highest BCUT2D eigenvalue weighted by molar-refractivity contribution is 6.09. The fourth-order valence-corrected chi connectivity index (χ4v) is 4.38. The van der Waals surface area contributed by atoms with Crippen LogP contribution < -0.4 is 10.9 Å². The number of fused-ring (bicyclic) bond motifs is 3. The number of aromatic nitrogens is 2. The maximum atomic E-state index is 13.5. The van der Waals surface area contributed by atoms with E-state index in [1.165, 1.54) is 28.8 Å². The van der Waals surface area contributed by atoms with Gasteiger partial charge in [-0.05, 0) is 85.1 Å². The Morgan fingerprint density at radius 3 is 2.39 bits per heavy atom. The number of benzene rings is 3. The first-order valence-electron chi connectivity index (χ1n) is 11.6. The van der Waals surface area contributed by atoms with Crippen molar-refractivity contribution in [1.82, 2.24) is 14.9 Å². The Hall–Kier alpha value is -4.97. The van der Waals surface area contributed by atoms with Crippen LogP contribution in [0.1, 0.15) is 40.1 Å². The number of nitrogens with one attached hydrogen (secondary N) is 1. The third kappa shape index (κ3) is 4.48. The summed E-state index contributed by atoms with van der Waals surface area (Å²) >= 11 is 0. The lowest BCUT2D eigenvalue weighted by molar-refractivity contribution is -0.137. The van der Waals surface area contributed by atoms with Crippen molar-refractivity contribution < 1.29 is 18.0 Å². The molecule has 1 atom stereocenters. The number of carbonyl (C=O) groups excluding carboxylic acids is 1. The Bertz CT molecular complexity index is 1790. The van der Waals surface area contributed by atoms with Gasteiger partial charge in [-0.1, -0.05) is 6.07 Å². The van der Waals surface area contributed by atoms with Gasteiger partial charge in [0.2, 0.25) is 0 Å². The summed E-state index contributed by atoms with van der Waals surface area (Å²) in [6.45, 7) is 1.80. The summed E-state index contributed by atoms with van der Waals surface area (Å²) < 4.78 is 40.7. The number of hydrogen-bond donors (Lipinski definition) is 1. The first-order valence-corrected chi connectivity index (χ1v) is 11.6. The number of alkyl halides is 3. The van der Waals surface area contributed by atoms with Crippen molar-refractivity contribution >= 4 is 27.6 Å². The molecular formula is C29H19F3N4O2. The van der Waals surface area contributed by atoms with E-state index in [1.807, 2.05) is 12.1 Å². The van der Waals surface area contributed by atoms with Gasteiger partial charge in [-0.15, -0.1) is 0 Å². The molecule has 38 heavy (non-hydrogen) atoms. The van der Waals surface area contributed by atoms with Crippen molar-refractivity contribution in [2.45, 2.75) is 19.1 Å². The molecule has 6 nitrogen and oxygen atoms in total. The van der Waals surface area contributed by atoms with E-state index in [-0.39, 0.29) is 23.0 Å². The predicted octanol–water partition coefficient (Wildman–Crippen LogP) is 5.92. The fourth-order valence-electron chi connectivity index (χ4n) is 4.38. The maximum Gasteiger partial charge on any atom is 0.416 e. The summed E-state index contributed by atoms with van der Waals surface area (Å²) in [5, 5.41) is 13.5. The van der Waals surface area contributed by atoms with Crippen LogP contribution in [0.2, 0.25) is 0 Å². The molecule has 2 heterocycles. The highest BCUT2D eigenvalue weighted by Gasteiger charge is 2.30. The Labute approximate surface area is 214 Å². The molecule has 0 aliphatic rings. The molecule has 0 aliphatic heterocycles. The molecule has 5 aromatic rings. The Kier molecular flexibility index (Phi) is 6.17. The first-order chi connectivity index (χ1) is 18.2. The van der Waals surface area contributed by atoms with Gasteiger partial charge in [0.1, 0.15) is 0 Å². The number of rotatable bonds is 4. The molecule has 9 heteroatoms. The zero-order valence-corrected chi connectivity index (χ0v) is 20.0. The second-order valence-electron chi connectivity index (χ2n) is 8.74. The second-order valence-corrected chi connectivity index (χ2v) is 8.74. The third-order valence-corrected chi connectivity index (χ3v) is 6.30. The highest BCUT2D eigenvalue weighted by atomic mass is 19.4. The van der Waals surface area contributed by atoms with E-state index in [9.17, 15) is 28.0 Å². The predicted molar refractivity (Wildman–Crippen MR) is 137 cm³/mol. The van der Waals surface area contributed by atoms with Crippen molar-refractivity contribution in [3.05, 3.63) is 118 Å². The molecule has 0 aliphatic carbocycles. The molecule has 1 N–H and O–H groups in total. The molecule has 5 rings (SSSR count). The lowest BCUT2D eigenvalue weighted by Gasteiger charge is -2.16. The average molecular weight is 512 g/mol. The number of pyridine rings is 2. The van der Waals surface area contributed by atoms with Gasteiger partial charge < -0.3 is 5.32 Å². The van der Waals surface area contributed by atoms with E-state index in [0.29, 0.717) is 33.1 Å². The molecule has 0 saturated heterocycles. The molecule has 1 amide bonds. The summed E-state index contributed by atoms with van der Waals surface area (Å²) in [6, 6.07) is 20.7. The first kappa shape index (κ1) is 24.7. The summed E-state index contributed by atoms with van der Waals surface area (Å²) in [4.78, 5) is 30.9. The number of amides is 1. The van der Waals surface area contributed by atoms with Crippen LogP contribution in [0, 0.1) is 11.3 Å². The number of nitriles is 1.